The van der Waals surface area contributed by atoms with E-state index >= 15 is 0 Å². The Labute approximate surface area is 191 Å². The first-order valence-corrected chi connectivity index (χ1v) is 11.4. The fourth-order valence-corrected chi connectivity index (χ4v) is 4.11. The summed E-state index contributed by atoms with van der Waals surface area (Å²) in [5.74, 6) is 0.343. The van der Waals surface area contributed by atoms with Crippen LogP contribution in [0.4, 0.5) is 11.5 Å². The molecular formula is C24H28N6O3. The highest BCUT2D eigenvalue weighted by Gasteiger charge is 2.24. The van der Waals surface area contributed by atoms with E-state index in [1.165, 1.54) is 6.33 Å². The van der Waals surface area contributed by atoms with Gasteiger partial charge in [0.2, 0.25) is 0 Å². The van der Waals surface area contributed by atoms with Crippen LogP contribution in [0, 0.1) is 13.8 Å². The summed E-state index contributed by atoms with van der Waals surface area (Å²) in [7, 11) is 0. The molecule has 3 N–H and O–H groups in total. The molecule has 172 valence electrons. The van der Waals surface area contributed by atoms with Crippen molar-refractivity contribution in [1.29, 1.82) is 0 Å². The summed E-state index contributed by atoms with van der Waals surface area (Å²) in [5, 5.41) is 13.6. The summed E-state index contributed by atoms with van der Waals surface area (Å²) in [6.07, 6.45) is 7.32. The molecule has 2 fully saturated rings. The first-order chi connectivity index (χ1) is 16.0. The van der Waals surface area contributed by atoms with E-state index in [-0.39, 0.29) is 17.9 Å². The van der Waals surface area contributed by atoms with Crippen LogP contribution in [-0.2, 0) is 4.74 Å². The van der Waals surface area contributed by atoms with Gasteiger partial charge in [0.15, 0.2) is 5.82 Å². The van der Waals surface area contributed by atoms with Crippen molar-refractivity contribution in [1.82, 2.24) is 25.2 Å². The summed E-state index contributed by atoms with van der Waals surface area (Å²) in [6.45, 7) is 5.11. The van der Waals surface area contributed by atoms with Crippen LogP contribution in [0.2, 0.25) is 0 Å². The van der Waals surface area contributed by atoms with Crippen LogP contribution in [0.25, 0.3) is 5.52 Å². The molecule has 0 bridgehead atoms. The molecule has 2 amide bonds. The fraction of sp³-hybridized carbons (Fsp3) is 0.417. The first kappa shape index (κ1) is 21.4. The van der Waals surface area contributed by atoms with Crippen LogP contribution in [-0.4, -0.2) is 51.7 Å². The zero-order valence-electron chi connectivity index (χ0n) is 18.9. The quantitative estimate of drug-likeness (QED) is 0.513. The second-order valence-corrected chi connectivity index (χ2v) is 8.82. The molecule has 2 aromatic heterocycles. The zero-order valence-corrected chi connectivity index (χ0v) is 18.9. The van der Waals surface area contributed by atoms with Crippen molar-refractivity contribution in [3.05, 3.63) is 53.0 Å². The molecule has 9 nitrogen and oxygen atoms in total. The molecule has 1 aliphatic carbocycles. The Hall–Kier alpha value is -3.46. The van der Waals surface area contributed by atoms with Crippen molar-refractivity contribution in [3.63, 3.8) is 0 Å². The number of amides is 2. The van der Waals surface area contributed by atoms with Gasteiger partial charge in [0.05, 0.1) is 11.7 Å². The van der Waals surface area contributed by atoms with Crippen molar-refractivity contribution >= 4 is 28.8 Å². The molecule has 2 aliphatic rings. The minimum Gasteiger partial charge on any atom is -0.376 e. The van der Waals surface area contributed by atoms with E-state index in [4.69, 9.17) is 4.74 Å². The number of hydrogen-bond donors (Lipinski definition) is 3. The molecule has 1 saturated carbocycles. The Morgan fingerprint density at radius 3 is 2.79 bits per heavy atom. The van der Waals surface area contributed by atoms with Crippen LogP contribution in [0.1, 0.15) is 57.5 Å². The van der Waals surface area contributed by atoms with E-state index in [1.807, 2.05) is 32.0 Å². The molecule has 9 heteroatoms. The molecule has 1 saturated heterocycles. The van der Waals surface area contributed by atoms with Crippen LogP contribution in [0.3, 0.4) is 0 Å². The summed E-state index contributed by atoms with van der Waals surface area (Å²) < 4.78 is 7.25. The van der Waals surface area contributed by atoms with Crippen LogP contribution in [0.15, 0.2) is 30.7 Å². The summed E-state index contributed by atoms with van der Waals surface area (Å²) in [5.41, 5.74) is 4.40. The van der Waals surface area contributed by atoms with Crippen molar-refractivity contribution in [3.8, 4) is 0 Å². The molecule has 1 atom stereocenters. The summed E-state index contributed by atoms with van der Waals surface area (Å²) in [4.78, 5) is 29.7. The Morgan fingerprint density at radius 2 is 2.03 bits per heavy atom. The largest absolute Gasteiger partial charge is 0.376 e. The predicted molar refractivity (Wildman–Crippen MR) is 124 cm³/mol. The Kier molecular flexibility index (Phi) is 5.72. The van der Waals surface area contributed by atoms with Crippen molar-refractivity contribution in [2.24, 2.45) is 0 Å². The highest BCUT2D eigenvalue weighted by molar-refractivity contribution is 5.99. The number of fused-ring (bicyclic) bond motifs is 1. The lowest BCUT2D eigenvalue weighted by atomic mass is 10.1. The molecule has 0 spiro atoms. The number of ether oxygens (including phenoxy) is 1. The van der Waals surface area contributed by atoms with Gasteiger partial charge in [-0.05, 0) is 62.8 Å². The highest BCUT2D eigenvalue weighted by atomic mass is 16.5. The third-order valence-electron chi connectivity index (χ3n) is 6.25. The molecule has 1 aromatic carbocycles. The second-order valence-electron chi connectivity index (χ2n) is 8.82. The molecule has 33 heavy (non-hydrogen) atoms. The normalized spacial score (nSPS) is 17.8. The summed E-state index contributed by atoms with van der Waals surface area (Å²) >= 11 is 0. The number of hydrogen-bond acceptors (Lipinski definition) is 6. The molecule has 1 aliphatic heterocycles. The number of aryl methyl sites for hydroxylation is 2. The SMILES string of the molecule is Cc1ccc(C(=O)NC2CC2)cc1Nc1ncnn2cc(C(=O)NC[C@@H]3CCCO3)c(C)c12. The zero-order chi connectivity index (χ0) is 22.9. The van der Waals surface area contributed by atoms with Gasteiger partial charge >= 0.3 is 0 Å². The number of nitrogens with one attached hydrogen (secondary N) is 3. The van der Waals surface area contributed by atoms with E-state index in [1.54, 1.807) is 10.7 Å². The maximum atomic E-state index is 12.8. The lowest BCUT2D eigenvalue weighted by Gasteiger charge is -2.12. The highest BCUT2D eigenvalue weighted by Crippen LogP contribution is 2.28. The monoisotopic (exact) mass is 448 g/mol. The first-order valence-electron chi connectivity index (χ1n) is 11.4. The standard InChI is InChI=1S/C24H28N6O3/c1-14-5-6-16(23(31)28-17-7-8-17)10-20(14)29-22-21-15(2)19(12-30(21)27-13-26-22)24(32)25-11-18-4-3-9-33-18/h5-6,10,12-13,17-18H,3-4,7-9,11H2,1-2H3,(H,25,32)(H,28,31)(H,26,27,29)/t18-/m0/s1. The maximum Gasteiger partial charge on any atom is 0.253 e. The lowest BCUT2D eigenvalue weighted by Crippen LogP contribution is -2.31. The number of carbonyl (C=O) groups excluding carboxylic acids is 2. The number of rotatable bonds is 7. The van der Waals surface area contributed by atoms with Crippen molar-refractivity contribution in [2.75, 3.05) is 18.5 Å². The van der Waals surface area contributed by atoms with E-state index in [9.17, 15) is 9.59 Å². The van der Waals surface area contributed by atoms with Gasteiger partial charge in [-0.25, -0.2) is 9.50 Å². The maximum absolute atomic E-state index is 12.8. The average Bonchev–Trinajstić information content (AvgIpc) is 3.33. The van der Waals surface area contributed by atoms with Crippen LogP contribution < -0.4 is 16.0 Å². The third-order valence-corrected chi connectivity index (χ3v) is 6.25. The smallest absolute Gasteiger partial charge is 0.253 e. The van der Waals surface area contributed by atoms with E-state index in [2.05, 4.69) is 26.0 Å². The number of carbonyl (C=O) groups is 2. The second kappa shape index (κ2) is 8.82. The summed E-state index contributed by atoms with van der Waals surface area (Å²) in [6, 6.07) is 5.87. The lowest BCUT2D eigenvalue weighted by molar-refractivity contribution is 0.0857. The molecule has 3 heterocycles. The molecular weight excluding hydrogens is 420 g/mol. The Balaban J connectivity index is 1.39. The van der Waals surface area contributed by atoms with Gasteiger partial charge in [0, 0.05) is 36.6 Å². The van der Waals surface area contributed by atoms with Gasteiger partial charge in [0.1, 0.15) is 11.8 Å². The number of anilines is 2. The Morgan fingerprint density at radius 1 is 1.18 bits per heavy atom. The van der Waals surface area contributed by atoms with E-state index in [0.717, 1.165) is 49.1 Å². The third kappa shape index (κ3) is 4.54. The van der Waals surface area contributed by atoms with E-state index < -0.39 is 0 Å². The van der Waals surface area contributed by atoms with Gasteiger partial charge in [-0.2, -0.15) is 5.10 Å². The average molecular weight is 449 g/mol. The van der Waals surface area contributed by atoms with Gasteiger partial charge in [-0.1, -0.05) is 6.07 Å². The topological polar surface area (TPSA) is 110 Å². The van der Waals surface area contributed by atoms with Crippen molar-refractivity contribution < 1.29 is 14.3 Å². The van der Waals surface area contributed by atoms with Gasteiger partial charge in [-0.15, -0.1) is 0 Å². The fourth-order valence-electron chi connectivity index (χ4n) is 4.11. The van der Waals surface area contributed by atoms with Gasteiger partial charge in [-0.3, -0.25) is 9.59 Å². The molecule has 3 aromatic rings. The van der Waals surface area contributed by atoms with Gasteiger partial charge in [0.25, 0.3) is 11.8 Å². The minimum absolute atomic E-state index is 0.0718. The van der Waals surface area contributed by atoms with E-state index in [0.29, 0.717) is 35.0 Å². The van der Waals surface area contributed by atoms with Crippen LogP contribution >= 0.6 is 0 Å². The molecule has 0 unspecified atom stereocenters. The minimum atomic E-state index is -0.158. The van der Waals surface area contributed by atoms with Crippen molar-refractivity contribution in [2.45, 2.75) is 51.7 Å². The molecule has 0 radical (unpaired) electrons. The van der Waals surface area contributed by atoms with Crippen LogP contribution in [0.5, 0.6) is 0 Å². The van der Waals surface area contributed by atoms with Gasteiger partial charge < -0.3 is 20.7 Å². The molecule has 5 rings (SSSR count). The number of aromatic nitrogens is 3. The predicted octanol–water partition coefficient (Wildman–Crippen LogP) is 2.89. The number of benzene rings is 1. The number of nitrogens with zero attached hydrogens (tertiary/aromatic N) is 3. The Bertz CT molecular complexity index is 1210.